The number of para-hydroxylation sites is 2. The molecule has 0 saturated heterocycles. The maximum atomic E-state index is 13.0. The van der Waals surface area contributed by atoms with Gasteiger partial charge in [-0.05, 0) is 67.4 Å². The monoisotopic (exact) mass is 371 g/mol. The van der Waals surface area contributed by atoms with Crippen LogP contribution in [0.4, 0.5) is 0 Å². The van der Waals surface area contributed by atoms with Crippen molar-refractivity contribution in [2.45, 2.75) is 13.8 Å². The maximum absolute atomic E-state index is 13.0. The summed E-state index contributed by atoms with van der Waals surface area (Å²) >= 11 is 1.43. The minimum absolute atomic E-state index is 0.0171. The molecule has 0 N–H and O–H groups in total. The average Bonchev–Trinajstić information content (AvgIpc) is 3.34. The number of hydrogen-bond acceptors (Lipinski definition) is 3. The fourth-order valence-electron chi connectivity index (χ4n) is 3.37. The normalized spacial score (nSPS) is 12.4. The summed E-state index contributed by atoms with van der Waals surface area (Å²) in [5, 5.41) is 0. The van der Waals surface area contributed by atoms with Crippen LogP contribution in [0.2, 0.25) is 0 Å². The zero-order valence-electron chi connectivity index (χ0n) is 15.0. The summed E-state index contributed by atoms with van der Waals surface area (Å²) in [6.45, 7) is 4.22. The van der Waals surface area contributed by atoms with Gasteiger partial charge in [0.2, 0.25) is 0 Å². The zero-order chi connectivity index (χ0) is 18.5. The van der Waals surface area contributed by atoms with E-state index in [0.717, 1.165) is 27.4 Å². The van der Waals surface area contributed by atoms with Gasteiger partial charge in [-0.2, -0.15) is 0 Å². The fourth-order valence-corrected chi connectivity index (χ4v) is 4.34. The van der Waals surface area contributed by atoms with Crippen LogP contribution in [0.25, 0.3) is 27.8 Å². The van der Waals surface area contributed by atoms with E-state index in [1.165, 1.54) is 22.5 Å². The first-order valence-corrected chi connectivity index (χ1v) is 9.60. The number of fused-ring (bicyclic) bond motifs is 3. The van der Waals surface area contributed by atoms with E-state index < -0.39 is 0 Å². The SMILES string of the molecule is Cc1ccc(-n2cccc2/C=c2\sc3nc4ccccc4n3c2=O)cc1C. The van der Waals surface area contributed by atoms with Crippen molar-refractivity contribution < 1.29 is 0 Å². The van der Waals surface area contributed by atoms with Crippen LogP contribution in [0.15, 0.2) is 65.6 Å². The molecule has 27 heavy (non-hydrogen) atoms. The molecule has 0 atom stereocenters. The highest BCUT2D eigenvalue weighted by atomic mass is 32.1. The fraction of sp³-hybridized carbons (Fsp3) is 0.0909. The Labute approximate surface area is 159 Å². The number of benzene rings is 2. The molecule has 0 aliphatic heterocycles. The van der Waals surface area contributed by atoms with Crippen molar-refractivity contribution in [2.75, 3.05) is 0 Å². The van der Waals surface area contributed by atoms with Crippen LogP contribution in [0.5, 0.6) is 0 Å². The molecule has 3 heterocycles. The molecule has 5 rings (SSSR count). The molecule has 0 unspecified atom stereocenters. The van der Waals surface area contributed by atoms with Crippen LogP contribution >= 0.6 is 11.3 Å². The van der Waals surface area contributed by atoms with Gasteiger partial charge in [-0.15, -0.1) is 0 Å². The van der Waals surface area contributed by atoms with Crippen molar-refractivity contribution in [3.8, 4) is 5.69 Å². The number of thiazole rings is 1. The number of rotatable bonds is 2. The van der Waals surface area contributed by atoms with Crippen LogP contribution in [0.1, 0.15) is 16.8 Å². The van der Waals surface area contributed by atoms with E-state index in [-0.39, 0.29) is 5.56 Å². The molecule has 0 aliphatic carbocycles. The molecule has 0 bridgehead atoms. The van der Waals surface area contributed by atoms with Gasteiger partial charge in [-0.3, -0.25) is 4.79 Å². The largest absolute Gasteiger partial charge is 0.317 e. The molecule has 0 saturated carbocycles. The van der Waals surface area contributed by atoms with Gasteiger partial charge in [0.25, 0.3) is 5.56 Å². The van der Waals surface area contributed by atoms with E-state index >= 15 is 0 Å². The summed E-state index contributed by atoms with van der Waals surface area (Å²) in [5.74, 6) is 0. The lowest BCUT2D eigenvalue weighted by atomic mass is 10.1. The van der Waals surface area contributed by atoms with Gasteiger partial charge in [-0.1, -0.05) is 29.5 Å². The number of aromatic nitrogens is 3. The molecule has 4 nitrogen and oxygen atoms in total. The lowest BCUT2D eigenvalue weighted by molar-refractivity contribution is 1.05. The topological polar surface area (TPSA) is 39.3 Å². The first-order chi connectivity index (χ1) is 13.1. The molecule has 0 spiro atoms. The Kier molecular flexibility index (Phi) is 3.52. The third-order valence-electron chi connectivity index (χ3n) is 4.97. The van der Waals surface area contributed by atoms with Crippen molar-refractivity contribution in [3.63, 3.8) is 0 Å². The predicted octanol–water partition coefficient (Wildman–Crippen LogP) is 3.86. The second-order valence-corrected chi connectivity index (χ2v) is 7.72. The van der Waals surface area contributed by atoms with E-state index in [1.807, 2.05) is 48.7 Å². The number of aryl methyl sites for hydroxylation is 2. The van der Waals surface area contributed by atoms with Gasteiger partial charge in [0, 0.05) is 17.6 Å². The lowest BCUT2D eigenvalue weighted by Gasteiger charge is -2.09. The van der Waals surface area contributed by atoms with Crippen LogP contribution in [-0.2, 0) is 0 Å². The first kappa shape index (κ1) is 16.0. The zero-order valence-corrected chi connectivity index (χ0v) is 15.8. The van der Waals surface area contributed by atoms with E-state index in [4.69, 9.17) is 0 Å². The molecule has 3 aromatic heterocycles. The highest BCUT2D eigenvalue weighted by molar-refractivity contribution is 7.15. The molecule has 2 aromatic carbocycles. The third kappa shape index (κ3) is 2.51. The molecule has 132 valence electrons. The predicted molar refractivity (Wildman–Crippen MR) is 111 cm³/mol. The minimum atomic E-state index is -0.0171. The Morgan fingerprint density at radius 2 is 1.85 bits per heavy atom. The standard InChI is InChI=1S/C22H17N3OS/c1-14-9-10-17(12-15(14)2)24-11-5-6-16(24)13-20-21(26)25-19-8-4-3-7-18(19)23-22(25)27-20/h3-13H,1-2H3/b20-13-. The molecule has 0 fully saturated rings. The van der Waals surface area contributed by atoms with Crippen molar-refractivity contribution in [3.05, 3.63) is 92.5 Å². The summed E-state index contributed by atoms with van der Waals surface area (Å²) in [6.07, 6.45) is 3.97. The molecule has 5 aromatic rings. The summed E-state index contributed by atoms with van der Waals surface area (Å²) in [5.41, 5.74) is 6.28. The van der Waals surface area contributed by atoms with Crippen LogP contribution in [0, 0.1) is 13.8 Å². The smallest absolute Gasteiger partial charge is 0.275 e. The van der Waals surface area contributed by atoms with Gasteiger partial charge in [0.05, 0.1) is 15.6 Å². The Bertz CT molecular complexity index is 1420. The van der Waals surface area contributed by atoms with E-state index in [1.54, 1.807) is 4.40 Å². The summed E-state index contributed by atoms with van der Waals surface area (Å²) < 4.78 is 4.49. The van der Waals surface area contributed by atoms with E-state index in [9.17, 15) is 4.79 Å². The lowest BCUT2D eigenvalue weighted by Crippen LogP contribution is -2.23. The highest BCUT2D eigenvalue weighted by Gasteiger charge is 2.11. The van der Waals surface area contributed by atoms with Crippen molar-refractivity contribution in [1.29, 1.82) is 0 Å². The second-order valence-electron chi connectivity index (χ2n) is 6.71. The van der Waals surface area contributed by atoms with Gasteiger partial charge >= 0.3 is 0 Å². The maximum Gasteiger partial charge on any atom is 0.275 e. The Balaban J connectivity index is 1.70. The Morgan fingerprint density at radius 3 is 2.70 bits per heavy atom. The van der Waals surface area contributed by atoms with Crippen LogP contribution < -0.4 is 10.1 Å². The molecule has 0 radical (unpaired) electrons. The van der Waals surface area contributed by atoms with Crippen LogP contribution in [0.3, 0.4) is 0 Å². The second kappa shape index (κ2) is 5.93. The van der Waals surface area contributed by atoms with E-state index in [0.29, 0.717) is 4.53 Å². The number of imidazole rings is 1. The summed E-state index contributed by atoms with van der Waals surface area (Å²) in [4.78, 5) is 18.3. The molecular weight excluding hydrogens is 354 g/mol. The Morgan fingerprint density at radius 1 is 1.00 bits per heavy atom. The quantitative estimate of drug-likeness (QED) is 0.473. The van der Waals surface area contributed by atoms with E-state index in [2.05, 4.69) is 41.6 Å². The van der Waals surface area contributed by atoms with Crippen molar-refractivity contribution in [2.24, 2.45) is 0 Å². The van der Waals surface area contributed by atoms with Crippen molar-refractivity contribution >= 4 is 33.4 Å². The summed E-state index contributed by atoms with van der Waals surface area (Å²) in [6, 6.07) is 18.2. The molecular formula is C22H17N3OS. The first-order valence-electron chi connectivity index (χ1n) is 8.78. The van der Waals surface area contributed by atoms with Gasteiger partial charge < -0.3 is 4.57 Å². The van der Waals surface area contributed by atoms with Gasteiger partial charge in [-0.25, -0.2) is 9.38 Å². The summed E-state index contributed by atoms with van der Waals surface area (Å²) in [7, 11) is 0. The van der Waals surface area contributed by atoms with Crippen LogP contribution in [-0.4, -0.2) is 14.0 Å². The highest BCUT2D eigenvalue weighted by Crippen LogP contribution is 2.18. The van der Waals surface area contributed by atoms with Gasteiger partial charge in [0.15, 0.2) is 4.96 Å². The van der Waals surface area contributed by atoms with Gasteiger partial charge in [0.1, 0.15) is 0 Å². The number of nitrogens with zero attached hydrogens (tertiary/aromatic N) is 3. The minimum Gasteiger partial charge on any atom is -0.317 e. The molecule has 5 heteroatoms. The third-order valence-corrected chi connectivity index (χ3v) is 5.94. The Hall–Kier alpha value is -3.18. The number of hydrogen-bond donors (Lipinski definition) is 0. The van der Waals surface area contributed by atoms with Crippen molar-refractivity contribution in [1.82, 2.24) is 14.0 Å². The average molecular weight is 371 g/mol. The molecule has 0 aliphatic rings. The molecule has 0 amide bonds.